The largest absolute Gasteiger partial charge is 0.456 e. The van der Waals surface area contributed by atoms with Crippen molar-refractivity contribution in [2.45, 2.75) is 62.7 Å². The van der Waals surface area contributed by atoms with Crippen LogP contribution < -0.4 is 19.7 Å². The number of rotatable bonds is 15. The fraction of sp³-hybridized carbons (Fsp3) is 0.383. The summed E-state index contributed by atoms with van der Waals surface area (Å²) in [6.45, 7) is 7.65. The highest BCUT2D eigenvalue weighted by molar-refractivity contribution is 7.90. The van der Waals surface area contributed by atoms with Crippen LogP contribution in [0.25, 0.3) is 11.6 Å². The smallest absolute Gasteiger partial charge is 0.293 e. The minimum Gasteiger partial charge on any atom is -0.456 e. The van der Waals surface area contributed by atoms with Crippen LogP contribution in [-0.2, 0) is 16.4 Å². The third-order valence-corrected chi connectivity index (χ3v) is 13.8. The predicted molar refractivity (Wildman–Crippen MR) is 242 cm³/mol. The number of allylic oxidation sites excluding steroid dienone is 2. The number of piperazine rings is 1. The molecule has 4 aliphatic rings. The molecule has 0 bridgehead atoms. The fourth-order valence-electron chi connectivity index (χ4n) is 8.95. The summed E-state index contributed by atoms with van der Waals surface area (Å²) >= 11 is 6.23. The molecule has 2 N–H and O–H groups in total. The molecule has 2 fully saturated rings. The minimum atomic E-state index is -4.52. The number of anilines is 2. The number of halogens is 1. The number of nitrogens with one attached hydrogen (secondary N) is 2. The van der Waals surface area contributed by atoms with E-state index in [2.05, 4.69) is 36.9 Å². The normalized spacial score (nSPS) is 17.3. The molecule has 4 aromatic carbocycles. The van der Waals surface area contributed by atoms with Gasteiger partial charge in [-0.15, -0.1) is 0 Å². The zero-order chi connectivity index (χ0) is 42.3. The summed E-state index contributed by atoms with van der Waals surface area (Å²) in [6.07, 6.45) is 13.7. The Balaban J connectivity index is 0.989. The molecule has 0 radical (unpaired) electrons. The highest BCUT2D eigenvalue weighted by Gasteiger charge is 2.28. The Morgan fingerprint density at radius 3 is 2.41 bits per heavy atom. The number of ether oxygens (including phenoxy) is 1. The third-order valence-electron chi connectivity index (χ3n) is 12.3. The Hall–Kier alpha value is -5.21. The number of nitro groups is 1. The van der Waals surface area contributed by atoms with Gasteiger partial charge >= 0.3 is 0 Å². The van der Waals surface area contributed by atoms with Gasteiger partial charge in [-0.3, -0.25) is 19.8 Å². The number of sulfonamides is 1. The number of carbonyl (C=O) groups excluding carboxylic acids is 1. The maximum atomic E-state index is 14.0. The van der Waals surface area contributed by atoms with E-state index < -0.39 is 25.7 Å². The van der Waals surface area contributed by atoms with E-state index in [1.54, 1.807) is 12.1 Å². The molecule has 8 rings (SSSR count). The predicted octanol–water partition coefficient (Wildman–Crippen LogP) is 9.17. The molecule has 2 aliphatic heterocycles. The van der Waals surface area contributed by atoms with Gasteiger partial charge in [-0.05, 0) is 130 Å². The first-order valence-corrected chi connectivity index (χ1v) is 23.3. The van der Waals surface area contributed by atoms with E-state index in [4.69, 9.17) is 16.3 Å². The van der Waals surface area contributed by atoms with Gasteiger partial charge in [0.2, 0.25) is 0 Å². The van der Waals surface area contributed by atoms with E-state index in [1.165, 1.54) is 60.9 Å². The molecule has 0 saturated carbocycles. The van der Waals surface area contributed by atoms with Gasteiger partial charge in [-0.25, -0.2) is 13.1 Å². The molecule has 0 aromatic heterocycles. The van der Waals surface area contributed by atoms with Crippen LogP contribution in [-0.4, -0.2) is 88.0 Å². The lowest BCUT2D eigenvalue weighted by Crippen LogP contribution is -2.47. The third kappa shape index (κ3) is 10.3. The second kappa shape index (κ2) is 19.2. The molecule has 2 heterocycles. The highest BCUT2D eigenvalue weighted by atomic mass is 35.5. The van der Waals surface area contributed by atoms with Crippen molar-refractivity contribution in [2.75, 3.05) is 69.1 Å². The summed E-state index contributed by atoms with van der Waals surface area (Å²) < 4.78 is 36.1. The quantitative estimate of drug-likeness (QED) is 0.0676. The fourth-order valence-corrected chi connectivity index (χ4v) is 10.1. The first kappa shape index (κ1) is 42.5. The molecule has 0 atom stereocenters. The summed E-state index contributed by atoms with van der Waals surface area (Å²) in [4.78, 5) is 32.2. The number of nitro benzene ring substituents is 1. The average Bonchev–Trinajstić information content (AvgIpc) is 3.92. The topological polar surface area (TPSA) is 137 Å². The van der Waals surface area contributed by atoms with E-state index in [9.17, 15) is 23.3 Å². The van der Waals surface area contributed by atoms with E-state index in [0.717, 1.165) is 106 Å². The van der Waals surface area contributed by atoms with Gasteiger partial charge in [0.25, 0.3) is 21.6 Å². The number of carbonyl (C=O) groups is 1. The number of nitrogens with zero attached hydrogens (tertiary/aromatic N) is 4. The number of fused-ring (bicyclic) bond motifs is 1. The number of benzene rings is 4. The second-order valence-electron chi connectivity index (χ2n) is 16.3. The van der Waals surface area contributed by atoms with Crippen molar-refractivity contribution < 1.29 is 22.9 Å². The Kier molecular flexibility index (Phi) is 13.4. The summed E-state index contributed by atoms with van der Waals surface area (Å²) in [5.74, 6) is -0.149. The summed E-state index contributed by atoms with van der Waals surface area (Å²) in [5, 5.41) is 15.9. The molecule has 1 amide bonds. The Morgan fingerprint density at radius 1 is 0.836 bits per heavy atom. The van der Waals surface area contributed by atoms with Crippen molar-refractivity contribution in [1.29, 1.82) is 0 Å². The molecule has 14 heteroatoms. The maximum absolute atomic E-state index is 14.0. The zero-order valence-electron chi connectivity index (χ0n) is 34.4. The Labute approximate surface area is 363 Å². The first-order chi connectivity index (χ1) is 29.6. The van der Waals surface area contributed by atoms with Crippen molar-refractivity contribution >= 4 is 56.2 Å². The molecule has 4 aromatic rings. The molecule has 2 aliphatic carbocycles. The molecular weight excluding hydrogens is 812 g/mol. The van der Waals surface area contributed by atoms with Crippen LogP contribution in [0.1, 0.15) is 78.4 Å². The molecule has 2 saturated heterocycles. The Bertz CT molecular complexity index is 2420. The van der Waals surface area contributed by atoms with Gasteiger partial charge in [0.1, 0.15) is 17.2 Å². The number of hydrogen-bond donors (Lipinski definition) is 2. The average molecular weight is 865 g/mol. The van der Waals surface area contributed by atoms with Crippen LogP contribution in [0.3, 0.4) is 0 Å². The standard InChI is InChI=1S/C47H53ClN6O6S/c48-37-17-15-35(16-18-37)40-12-3-1-2-9-36(40)33-52-27-29-53(30-28-52)38-19-21-42(46(31-38)60-45-14-7-11-34-10-6-13-41(34)45)47(55)50-61(58,59)39-20-22-43(44(32-39)54(56)57)49-23-8-26-51-24-4-5-25-51/h6-7,11,13-22,31-32,49H,1-5,8-10,12,23-30,33H2,(H,50,55). The lowest BCUT2D eigenvalue weighted by Gasteiger charge is -2.37. The molecular formula is C47H53ClN6O6S. The second-order valence-corrected chi connectivity index (χ2v) is 18.4. The van der Waals surface area contributed by atoms with Gasteiger partial charge in [0.05, 0.1) is 15.4 Å². The van der Waals surface area contributed by atoms with E-state index in [0.29, 0.717) is 12.3 Å². The van der Waals surface area contributed by atoms with Crippen molar-refractivity contribution in [2.24, 2.45) is 0 Å². The van der Waals surface area contributed by atoms with Crippen LogP contribution in [0.2, 0.25) is 5.02 Å². The van der Waals surface area contributed by atoms with Gasteiger partial charge in [-0.2, -0.15) is 0 Å². The lowest BCUT2D eigenvalue weighted by molar-refractivity contribution is -0.384. The van der Waals surface area contributed by atoms with Gasteiger partial charge in [-0.1, -0.05) is 60.0 Å². The highest BCUT2D eigenvalue weighted by Crippen LogP contribution is 2.37. The van der Waals surface area contributed by atoms with Crippen molar-refractivity contribution in [3.05, 3.63) is 128 Å². The molecule has 320 valence electrons. The van der Waals surface area contributed by atoms with Gasteiger partial charge in [0.15, 0.2) is 0 Å². The summed E-state index contributed by atoms with van der Waals surface area (Å²) in [7, 11) is -4.52. The van der Waals surface area contributed by atoms with Crippen molar-refractivity contribution in [3.63, 3.8) is 0 Å². The molecule has 0 spiro atoms. The van der Waals surface area contributed by atoms with Crippen LogP contribution in [0.4, 0.5) is 17.1 Å². The minimum absolute atomic E-state index is 0.0198. The number of amides is 1. The zero-order valence-corrected chi connectivity index (χ0v) is 36.0. The van der Waals surface area contributed by atoms with Crippen LogP contribution >= 0.6 is 11.6 Å². The molecule has 0 unspecified atom stereocenters. The van der Waals surface area contributed by atoms with Gasteiger partial charge < -0.3 is 19.9 Å². The lowest BCUT2D eigenvalue weighted by atomic mass is 9.95. The van der Waals surface area contributed by atoms with Crippen molar-refractivity contribution in [1.82, 2.24) is 14.5 Å². The van der Waals surface area contributed by atoms with Crippen LogP contribution in [0.5, 0.6) is 11.5 Å². The Morgan fingerprint density at radius 2 is 1.62 bits per heavy atom. The van der Waals surface area contributed by atoms with Crippen molar-refractivity contribution in [3.8, 4) is 11.5 Å². The maximum Gasteiger partial charge on any atom is 0.293 e. The molecule has 12 nitrogen and oxygen atoms in total. The van der Waals surface area contributed by atoms with Crippen LogP contribution in [0, 0.1) is 10.1 Å². The van der Waals surface area contributed by atoms with E-state index >= 15 is 0 Å². The molecule has 61 heavy (non-hydrogen) atoms. The summed E-state index contributed by atoms with van der Waals surface area (Å²) in [6, 6.07) is 22.8. The first-order valence-electron chi connectivity index (χ1n) is 21.5. The monoisotopic (exact) mass is 864 g/mol. The van der Waals surface area contributed by atoms with E-state index in [-0.39, 0.29) is 22.7 Å². The van der Waals surface area contributed by atoms with Gasteiger partial charge in [0, 0.05) is 67.7 Å². The SMILES string of the molecule is O=C(NS(=O)(=O)c1ccc(NCCCN2CCCC2)c([N+](=O)[O-])c1)c1ccc(N2CCN(CC3=C(c4ccc(Cl)cc4)CCCCC3)CC2)cc1Oc1cccc2c1C=CC2. The van der Waals surface area contributed by atoms with Crippen LogP contribution in [0.15, 0.2) is 95.4 Å². The van der Waals surface area contributed by atoms with E-state index in [1.807, 2.05) is 48.6 Å². The number of hydrogen-bond acceptors (Lipinski definition) is 10. The number of likely N-dealkylation sites (tertiary alicyclic amines) is 1. The summed E-state index contributed by atoms with van der Waals surface area (Å²) in [5.41, 5.74) is 6.91.